The van der Waals surface area contributed by atoms with Crippen LogP contribution in [0.3, 0.4) is 0 Å². The van der Waals surface area contributed by atoms with Gasteiger partial charge in [-0.2, -0.15) is 4.98 Å². The van der Waals surface area contributed by atoms with E-state index in [1.165, 1.54) is 11.8 Å². The molecule has 0 aliphatic rings. The van der Waals surface area contributed by atoms with Crippen molar-refractivity contribution >= 4 is 23.4 Å². The Labute approximate surface area is 141 Å². The molecule has 0 unspecified atom stereocenters. The van der Waals surface area contributed by atoms with Crippen molar-refractivity contribution in [3.8, 4) is 11.4 Å². The van der Waals surface area contributed by atoms with E-state index in [0.29, 0.717) is 38.9 Å². The summed E-state index contributed by atoms with van der Waals surface area (Å²) in [4.78, 5) is 23.1. The van der Waals surface area contributed by atoms with Gasteiger partial charge in [-0.25, -0.2) is 4.98 Å². The van der Waals surface area contributed by atoms with Crippen LogP contribution in [0.1, 0.15) is 17.1 Å². The van der Waals surface area contributed by atoms with E-state index in [1.807, 2.05) is 12.1 Å². The fourth-order valence-corrected chi connectivity index (χ4v) is 2.72. The van der Waals surface area contributed by atoms with Crippen molar-refractivity contribution in [3.05, 3.63) is 56.8 Å². The number of H-pyrrole nitrogens is 1. The average Bonchev–Trinajstić information content (AvgIpc) is 3.00. The van der Waals surface area contributed by atoms with Crippen LogP contribution in [0, 0.1) is 13.8 Å². The van der Waals surface area contributed by atoms with E-state index in [2.05, 4.69) is 20.1 Å². The fraction of sp³-hybridized carbons (Fsp3) is 0.200. The highest BCUT2D eigenvalue weighted by molar-refractivity contribution is 7.98. The molecule has 0 atom stereocenters. The summed E-state index contributed by atoms with van der Waals surface area (Å²) in [7, 11) is 0. The van der Waals surface area contributed by atoms with Gasteiger partial charge in [0, 0.05) is 21.8 Å². The summed E-state index contributed by atoms with van der Waals surface area (Å²) >= 11 is 7.19. The standard InChI is InChI=1S/C15H13ClN4O2S/c1-8-9(2)17-15(19-14(8)21)23-7-12-18-13(20-22-12)10-3-5-11(16)6-4-10/h3-6H,7H2,1-2H3,(H,17,19,21). The van der Waals surface area contributed by atoms with Crippen LogP contribution in [-0.4, -0.2) is 20.1 Å². The SMILES string of the molecule is Cc1nc(SCc2nc(-c3ccc(Cl)cc3)no2)[nH]c(=O)c1C. The molecule has 3 rings (SSSR count). The Kier molecular flexibility index (Phi) is 4.49. The van der Waals surface area contributed by atoms with Crippen molar-refractivity contribution in [1.29, 1.82) is 0 Å². The number of nitrogens with one attached hydrogen (secondary N) is 1. The molecule has 0 aliphatic carbocycles. The minimum atomic E-state index is -0.132. The maximum Gasteiger partial charge on any atom is 0.254 e. The van der Waals surface area contributed by atoms with Gasteiger partial charge in [-0.05, 0) is 38.1 Å². The number of halogens is 1. The quantitative estimate of drug-likeness (QED) is 0.574. The van der Waals surface area contributed by atoms with E-state index in [0.717, 1.165) is 5.56 Å². The van der Waals surface area contributed by atoms with Gasteiger partial charge >= 0.3 is 0 Å². The molecular formula is C15H13ClN4O2S. The summed E-state index contributed by atoms with van der Waals surface area (Å²) in [5.41, 5.74) is 2.03. The van der Waals surface area contributed by atoms with Gasteiger partial charge in [-0.1, -0.05) is 28.5 Å². The van der Waals surface area contributed by atoms with Crippen LogP contribution < -0.4 is 5.56 Å². The zero-order chi connectivity index (χ0) is 16.4. The van der Waals surface area contributed by atoms with E-state index in [4.69, 9.17) is 16.1 Å². The first kappa shape index (κ1) is 15.8. The van der Waals surface area contributed by atoms with Gasteiger partial charge in [0.1, 0.15) is 0 Å². The molecule has 8 heteroatoms. The van der Waals surface area contributed by atoms with E-state index in [9.17, 15) is 4.79 Å². The van der Waals surface area contributed by atoms with Gasteiger partial charge in [-0.15, -0.1) is 0 Å². The highest BCUT2D eigenvalue weighted by atomic mass is 35.5. The Bertz CT molecular complexity index is 889. The molecule has 0 spiro atoms. The lowest BCUT2D eigenvalue weighted by atomic mass is 10.2. The number of aromatic amines is 1. The molecule has 0 aliphatic heterocycles. The summed E-state index contributed by atoms with van der Waals surface area (Å²) < 4.78 is 5.22. The third kappa shape index (κ3) is 3.62. The molecule has 2 heterocycles. The zero-order valence-electron chi connectivity index (χ0n) is 12.5. The summed E-state index contributed by atoms with van der Waals surface area (Å²) in [6, 6.07) is 7.19. The Balaban J connectivity index is 1.72. The van der Waals surface area contributed by atoms with Crippen LogP contribution in [0.5, 0.6) is 0 Å². The lowest BCUT2D eigenvalue weighted by Crippen LogP contribution is -2.14. The molecule has 0 saturated carbocycles. The Morgan fingerprint density at radius 3 is 2.65 bits per heavy atom. The summed E-state index contributed by atoms with van der Waals surface area (Å²) in [5.74, 6) is 1.38. The van der Waals surface area contributed by atoms with Crippen LogP contribution >= 0.6 is 23.4 Å². The van der Waals surface area contributed by atoms with Gasteiger partial charge in [0.25, 0.3) is 5.56 Å². The van der Waals surface area contributed by atoms with Gasteiger partial charge in [0.05, 0.1) is 5.75 Å². The normalized spacial score (nSPS) is 10.9. The lowest BCUT2D eigenvalue weighted by molar-refractivity contribution is 0.391. The maximum absolute atomic E-state index is 11.7. The minimum Gasteiger partial charge on any atom is -0.338 e. The molecule has 0 fully saturated rings. The Hall–Kier alpha value is -2.12. The molecule has 1 aromatic carbocycles. The number of aromatic nitrogens is 4. The number of nitrogens with zero attached hydrogens (tertiary/aromatic N) is 3. The summed E-state index contributed by atoms with van der Waals surface area (Å²) in [5, 5.41) is 5.13. The van der Waals surface area contributed by atoms with Crippen LogP contribution in [0.4, 0.5) is 0 Å². The van der Waals surface area contributed by atoms with E-state index in [1.54, 1.807) is 26.0 Å². The van der Waals surface area contributed by atoms with Crippen molar-refractivity contribution in [2.45, 2.75) is 24.8 Å². The molecule has 3 aromatic rings. The second kappa shape index (κ2) is 6.55. The van der Waals surface area contributed by atoms with Crippen molar-refractivity contribution in [2.24, 2.45) is 0 Å². The predicted octanol–water partition coefficient (Wildman–Crippen LogP) is 3.38. The van der Waals surface area contributed by atoms with Crippen LogP contribution in [0.25, 0.3) is 11.4 Å². The number of benzene rings is 1. The topological polar surface area (TPSA) is 84.7 Å². The predicted molar refractivity (Wildman–Crippen MR) is 88.6 cm³/mol. The molecule has 1 N–H and O–H groups in total. The molecule has 6 nitrogen and oxygen atoms in total. The zero-order valence-corrected chi connectivity index (χ0v) is 14.0. The molecule has 23 heavy (non-hydrogen) atoms. The molecule has 118 valence electrons. The molecule has 0 saturated heterocycles. The second-order valence-electron chi connectivity index (χ2n) is 4.89. The van der Waals surface area contributed by atoms with Crippen molar-refractivity contribution in [2.75, 3.05) is 0 Å². The number of thioether (sulfide) groups is 1. The van der Waals surface area contributed by atoms with Crippen LogP contribution in [-0.2, 0) is 5.75 Å². The number of rotatable bonds is 4. The monoisotopic (exact) mass is 348 g/mol. The number of aryl methyl sites for hydroxylation is 1. The van der Waals surface area contributed by atoms with Gasteiger partial charge < -0.3 is 9.51 Å². The third-order valence-electron chi connectivity index (χ3n) is 3.28. The Morgan fingerprint density at radius 1 is 1.22 bits per heavy atom. The largest absolute Gasteiger partial charge is 0.338 e. The molecule has 2 aromatic heterocycles. The van der Waals surface area contributed by atoms with Crippen molar-refractivity contribution in [3.63, 3.8) is 0 Å². The minimum absolute atomic E-state index is 0.132. The first-order valence-electron chi connectivity index (χ1n) is 6.82. The smallest absolute Gasteiger partial charge is 0.254 e. The summed E-state index contributed by atoms with van der Waals surface area (Å²) in [6.45, 7) is 3.55. The molecule has 0 radical (unpaired) electrons. The third-order valence-corrected chi connectivity index (χ3v) is 4.39. The van der Waals surface area contributed by atoms with E-state index < -0.39 is 0 Å². The van der Waals surface area contributed by atoms with Gasteiger partial charge in [0.2, 0.25) is 11.7 Å². The molecule has 0 amide bonds. The lowest BCUT2D eigenvalue weighted by Gasteiger charge is -2.01. The molecule has 0 bridgehead atoms. The average molecular weight is 349 g/mol. The second-order valence-corrected chi connectivity index (χ2v) is 6.29. The highest BCUT2D eigenvalue weighted by Crippen LogP contribution is 2.22. The van der Waals surface area contributed by atoms with E-state index >= 15 is 0 Å². The Morgan fingerprint density at radius 2 is 1.96 bits per heavy atom. The van der Waals surface area contributed by atoms with Gasteiger partial charge in [0.15, 0.2) is 5.16 Å². The van der Waals surface area contributed by atoms with Gasteiger partial charge in [-0.3, -0.25) is 4.79 Å². The van der Waals surface area contributed by atoms with Crippen LogP contribution in [0.15, 0.2) is 38.7 Å². The van der Waals surface area contributed by atoms with E-state index in [-0.39, 0.29) is 5.56 Å². The number of hydrogen-bond acceptors (Lipinski definition) is 6. The number of hydrogen-bond donors (Lipinski definition) is 1. The van der Waals surface area contributed by atoms with Crippen LogP contribution in [0.2, 0.25) is 5.02 Å². The summed E-state index contributed by atoms with van der Waals surface area (Å²) in [6.07, 6.45) is 0. The van der Waals surface area contributed by atoms with Crippen molar-refractivity contribution < 1.29 is 4.52 Å². The maximum atomic E-state index is 11.7. The first-order chi connectivity index (χ1) is 11.0. The highest BCUT2D eigenvalue weighted by Gasteiger charge is 2.11. The first-order valence-corrected chi connectivity index (χ1v) is 8.18. The fourth-order valence-electron chi connectivity index (χ4n) is 1.85. The van der Waals surface area contributed by atoms with Crippen molar-refractivity contribution in [1.82, 2.24) is 20.1 Å². The molecular weight excluding hydrogens is 336 g/mol.